The molecule has 1 aliphatic rings. The number of hydrogen-bond donors (Lipinski definition) is 2. The van der Waals surface area contributed by atoms with Gasteiger partial charge in [-0.05, 0) is 53.4 Å². The van der Waals surface area contributed by atoms with E-state index in [0.717, 1.165) is 21.8 Å². The minimum atomic E-state index is 0.555. The maximum absolute atomic E-state index is 4.31. The highest BCUT2D eigenvalue weighted by Crippen LogP contribution is 2.27. The Morgan fingerprint density at radius 1 is 1.10 bits per heavy atom. The van der Waals surface area contributed by atoms with Gasteiger partial charge in [-0.25, -0.2) is 9.97 Å². The summed E-state index contributed by atoms with van der Waals surface area (Å²) in [5.41, 5.74) is 2.23. The molecule has 21 heavy (non-hydrogen) atoms. The first kappa shape index (κ1) is 14.3. The molecule has 0 saturated heterocycles. The second kappa shape index (κ2) is 6.43. The summed E-state index contributed by atoms with van der Waals surface area (Å²) in [6.45, 7) is 2.07. The fraction of sp³-hybridized carbons (Fsp3) is 0.375. The van der Waals surface area contributed by atoms with Crippen molar-refractivity contribution in [1.29, 1.82) is 0 Å². The van der Waals surface area contributed by atoms with Gasteiger partial charge in [0.1, 0.15) is 18.0 Å². The van der Waals surface area contributed by atoms with Crippen molar-refractivity contribution in [2.75, 3.05) is 10.6 Å². The van der Waals surface area contributed by atoms with Crippen molar-refractivity contribution < 1.29 is 0 Å². The molecule has 1 aromatic carbocycles. The summed E-state index contributed by atoms with van der Waals surface area (Å²) in [5, 5.41) is 6.81. The molecule has 1 fully saturated rings. The first-order valence-electron chi connectivity index (χ1n) is 7.32. The van der Waals surface area contributed by atoms with Crippen LogP contribution in [0.4, 0.5) is 17.3 Å². The van der Waals surface area contributed by atoms with E-state index in [1.165, 1.54) is 31.2 Å². The molecular weight excluding hydrogens is 328 g/mol. The molecule has 0 amide bonds. The second-order valence-electron chi connectivity index (χ2n) is 5.52. The van der Waals surface area contributed by atoms with E-state index >= 15 is 0 Å². The molecule has 1 heterocycles. The summed E-state index contributed by atoms with van der Waals surface area (Å²) in [7, 11) is 0. The molecule has 5 heteroatoms. The van der Waals surface area contributed by atoms with Crippen molar-refractivity contribution in [1.82, 2.24) is 9.97 Å². The summed E-state index contributed by atoms with van der Waals surface area (Å²) in [6, 6.07) is 8.72. The largest absolute Gasteiger partial charge is 0.367 e. The van der Waals surface area contributed by atoms with Gasteiger partial charge in [-0.1, -0.05) is 18.9 Å². The van der Waals surface area contributed by atoms with Crippen LogP contribution in [0.2, 0.25) is 0 Å². The topological polar surface area (TPSA) is 49.8 Å². The summed E-state index contributed by atoms with van der Waals surface area (Å²) in [4.78, 5) is 8.60. The van der Waals surface area contributed by atoms with Crippen LogP contribution in [0.25, 0.3) is 0 Å². The van der Waals surface area contributed by atoms with Crippen molar-refractivity contribution in [3.63, 3.8) is 0 Å². The van der Waals surface area contributed by atoms with Gasteiger partial charge in [0.25, 0.3) is 0 Å². The van der Waals surface area contributed by atoms with Gasteiger partial charge in [0.2, 0.25) is 0 Å². The number of rotatable bonds is 4. The predicted octanol–water partition coefficient (Wildman–Crippen LogP) is 4.65. The molecule has 110 valence electrons. The Morgan fingerprint density at radius 2 is 1.86 bits per heavy atom. The molecule has 1 aliphatic carbocycles. The lowest BCUT2D eigenvalue weighted by Gasteiger charge is -2.14. The summed E-state index contributed by atoms with van der Waals surface area (Å²) in [6.07, 6.45) is 6.68. The molecule has 4 nitrogen and oxygen atoms in total. The molecule has 3 rings (SSSR count). The van der Waals surface area contributed by atoms with Gasteiger partial charge in [0.15, 0.2) is 0 Å². The lowest BCUT2D eigenvalue weighted by atomic mass is 10.2. The highest BCUT2D eigenvalue weighted by molar-refractivity contribution is 9.10. The third-order valence-electron chi connectivity index (χ3n) is 3.76. The van der Waals surface area contributed by atoms with E-state index in [4.69, 9.17) is 0 Å². The Kier molecular flexibility index (Phi) is 4.39. The highest BCUT2D eigenvalue weighted by atomic mass is 79.9. The van der Waals surface area contributed by atoms with Crippen LogP contribution in [0.1, 0.15) is 31.2 Å². The van der Waals surface area contributed by atoms with E-state index in [1.807, 2.05) is 12.1 Å². The molecule has 0 aliphatic heterocycles. The van der Waals surface area contributed by atoms with E-state index in [1.54, 1.807) is 6.33 Å². The van der Waals surface area contributed by atoms with Crippen LogP contribution < -0.4 is 10.6 Å². The molecular formula is C16H19BrN4. The van der Waals surface area contributed by atoms with Crippen molar-refractivity contribution in [3.8, 4) is 0 Å². The fourth-order valence-corrected chi connectivity index (χ4v) is 3.24. The Hall–Kier alpha value is -1.62. The maximum Gasteiger partial charge on any atom is 0.135 e. The van der Waals surface area contributed by atoms with Gasteiger partial charge < -0.3 is 10.6 Å². The number of nitrogens with zero attached hydrogens (tertiary/aromatic N) is 2. The van der Waals surface area contributed by atoms with E-state index in [0.29, 0.717) is 6.04 Å². The number of aromatic nitrogens is 2. The third kappa shape index (κ3) is 3.73. The van der Waals surface area contributed by atoms with Gasteiger partial charge in [-0.15, -0.1) is 0 Å². The SMILES string of the molecule is Cc1ccc(Nc2cc(NC3CCCC3)ncn2)c(Br)c1. The van der Waals surface area contributed by atoms with Crippen LogP contribution in [0.3, 0.4) is 0 Å². The van der Waals surface area contributed by atoms with E-state index in [-0.39, 0.29) is 0 Å². The van der Waals surface area contributed by atoms with Crippen LogP contribution in [0.15, 0.2) is 35.1 Å². The Labute approximate surface area is 133 Å². The van der Waals surface area contributed by atoms with Crippen molar-refractivity contribution in [2.45, 2.75) is 38.6 Å². The zero-order chi connectivity index (χ0) is 14.7. The Bertz CT molecular complexity index is 623. The van der Waals surface area contributed by atoms with Gasteiger partial charge in [-0.3, -0.25) is 0 Å². The molecule has 1 saturated carbocycles. The molecule has 0 atom stereocenters. The van der Waals surface area contributed by atoms with Gasteiger partial charge in [0.05, 0.1) is 5.69 Å². The monoisotopic (exact) mass is 346 g/mol. The van der Waals surface area contributed by atoms with E-state index in [2.05, 4.69) is 55.6 Å². The third-order valence-corrected chi connectivity index (χ3v) is 4.42. The maximum atomic E-state index is 4.31. The number of anilines is 3. The molecule has 0 bridgehead atoms. The summed E-state index contributed by atoms with van der Waals surface area (Å²) < 4.78 is 1.03. The first-order chi connectivity index (χ1) is 10.2. The van der Waals surface area contributed by atoms with E-state index in [9.17, 15) is 0 Å². The summed E-state index contributed by atoms with van der Waals surface area (Å²) in [5.74, 6) is 1.69. The zero-order valence-electron chi connectivity index (χ0n) is 12.1. The highest BCUT2D eigenvalue weighted by Gasteiger charge is 2.15. The molecule has 2 aromatic rings. The van der Waals surface area contributed by atoms with Crippen molar-refractivity contribution in [3.05, 3.63) is 40.6 Å². The van der Waals surface area contributed by atoms with Crippen LogP contribution in [-0.2, 0) is 0 Å². The fourth-order valence-electron chi connectivity index (χ4n) is 2.64. The van der Waals surface area contributed by atoms with Gasteiger partial charge >= 0.3 is 0 Å². The quantitative estimate of drug-likeness (QED) is 0.846. The molecule has 2 N–H and O–H groups in total. The van der Waals surface area contributed by atoms with E-state index < -0.39 is 0 Å². The van der Waals surface area contributed by atoms with Crippen molar-refractivity contribution in [2.24, 2.45) is 0 Å². The predicted molar refractivity (Wildman–Crippen MR) is 90.1 cm³/mol. The van der Waals surface area contributed by atoms with Gasteiger partial charge in [0, 0.05) is 16.6 Å². The molecule has 0 radical (unpaired) electrons. The number of nitrogens with one attached hydrogen (secondary N) is 2. The standard InChI is InChI=1S/C16H19BrN4/c1-11-6-7-14(13(17)8-11)21-16-9-15(18-10-19-16)20-12-4-2-3-5-12/h6-10,12H,2-5H2,1H3,(H2,18,19,20,21). The molecule has 0 unspecified atom stereocenters. The number of hydrogen-bond acceptors (Lipinski definition) is 4. The van der Waals surface area contributed by atoms with Crippen LogP contribution in [0, 0.1) is 6.92 Å². The average molecular weight is 347 g/mol. The number of benzene rings is 1. The number of aryl methyl sites for hydroxylation is 1. The summed E-state index contributed by atoms with van der Waals surface area (Å²) >= 11 is 3.57. The minimum Gasteiger partial charge on any atom is -0.367 e. The Balaban J connectivity index is 1.73. The lowest BCUT2D eigenvalue weighted by Crippen LogP contribution is -2.15. The Morgan fingerprint density at radius 3 is 2.62 bits per heavy atom. The molecule has 1 aromatic heterocycles. The number of halogens is 1. The average Bonchev–Trinajstić information content (AvgIpc) is 2.95. The molecule has 0 spiro atoms. The zero-order valence-corrected chi connectivity index (χ0v) is 13.7. The van der Waals surface area contributed by atoms with Gasteiger partial charge in [-0.2, -0.15) is 0 Å². The van der Waals surface area contributed by atoms with Crippen molar-refractivity contribution >= 4 is 33.3 Å². The van der Waals surface area contributed by atoms with Crippen LogP contribution in [0.5, 0.6) is 0 Å². The smallest absolute Gasteiger partial charge is 0.135 e. The second-order valence-corrected chi connectivity index (χ2v) is 6.38. The minimum absolute atomic E-state index is 0.555. The van der Waals surface area contributed by atoms with Crippen LogP contribution >= 0.6 is 15.9 Å². The first-order valence-corrected chi connectivity index (χ1v) is 8.12. The lowest BCUT2D eigenvalue weighted by molar-refractivity contribution is 0.750. The normalized spacial score (nSPS) is 15.1. The van der Waals surface area contributed by atoms with Crippen LogP contribution in [-0.4, -0.2) is 16.0 Å².